The molecular weight excluding hydrogens is 396 g/mol. The summed E-state index contributed by atoms with van der Waals surface area (Å²) in [5.74, 6) is -0.0398. The minimum Gasteiger partial charge on any atom is -0.313 e. The van der Waals surface area contributed by atoms with Crippen molar-refractivity contribution in [1.82, 2.24) is 4.98 Å². The van der Waals surface area contributed by atoms with Crippen LogP contribution in [0.5, 0.6) is 0 Å². The SMILES string of the molecule is Cc1sc(NC(=O)c2ccc3c(c2)CCCC3)c(-c2nc3ccccc3s2)c1C. The zero-order valence-corrected chi connectivity index (χ0v) is 18.2. The number of carbonyl (C=O) groups excluding carboxylic acids is 1. The van der Waals surface area contributed by atoms with Crippen LogP contribution in [0.4, 0.5) is 5.00 Å². The normalized spacial score (nSPS) is 13.4. The van der Waals surface area contributed by atoms with E-state index in [1.807, 2.05) is 24.3 Å². The number of anilines is 1. The lowest BCUT2D eigenvalue weighted by Crippen LogP contribution is -2.13. The van der Waals surface area contributed by atoms with Crippen LogP contribution in [-0.4, -0.2) is 10.9 Å². The maximum atomic E-state index is 13.1. The number of aryl methyl sites for hydroxylation is 3. The number of amides is 1. The van der Waals surface area contributed by atoms with Crippen molar-refractivity contribution < 1.29 is 4.79 Å². The Morgan fingerprint density at radius 2 is 1.79 bits per heavy atom. The van der Waals surface area contributed by atoms with E-state index in [9.17, 15) is 4.79 Å². The van der Waals surface area contributed by atoms with Crippen molar-refractivity contribution in [3.05, 3.63) is 69.6 Å². The van der Waals surface area contributed by atoms with Crippen LogP contribution in [0.25, 0.3) is 20.8 Å². The van der Waals surface area contributed by atoms with Gasteiger partial charge in [0.25, 0.3) is 5.91 Å². The Balaban J connectivity index is 1.50. The highest BCUT2D eigenvalue weighted by atomic mass is 32.1. The van der Waals surface area contributed by atoms with Crippen molar-refractivity contribution in [2.24, 2.45) is 0 Å². The van der Waals surface area contributed by atoms with Crippen LogP contribution in [0.1, 0.15) is 44.8 Å². The molecule has 1 amide bonds. The second-order valence-corrected chi connectivity index (χ2v) is 9.87. The molecule has 0 radical (unpaired) electrons. The van der Waals surface area contributed by atoms with Crippen LogP contribution in [0.3, 0.4) is 0 Å². The number of aromatic nitrogens is 1. The highest BCUT2D eigenvalue weighted by Gasteiger charge is 2.21. The maximum absolute atomic E-state index is 13.1. The minimum absolute atomic E-state index is 0.0398. The van der Waals surface area contributed by atoms with Crippen LogP contribution in [0.2, 0.25) is 0 Å². The minimum atomic E-state index is -0.0398. The maximum Gasteiger partial charge on any atom is 0.256 e. The number of para-hydroxylation sites is 1. The molecule has 0 fully saturated rings. The first-order valence-electron chi connectivity index (χ1n) is 9.99. The first-order chi connectivity index (χ1) is 14.1. The molecule has 2 aromatic carbocycles. The zero-order valence-electron chi connectivity index (χ0n) is 16.5. The molecular formula is C24H22N2OS2. The summed E-state index contributed by atoms with van der Waals surface area (Å²) in [5.41, 5.74) is 6.71. The molecule has 0 saturated heterocycles. The summed E-state index contributed by atoms with van der Waals surface area (Å²) >= 11 is 3.31. The Kier molecular flexibility index (Phi) is 4.72. The van der Waals surface area contributed by atoms with Gasteiger partial charge in [-0.15, -0.1) is 22.7 Å². The van der Waals surface area contributed by atoms with Gasteiger partial charge in [-0.25, -0.2) is 4.98 Å². The molecule has 0 atom stereocenters. The number of hydrogen-bond donors (Lipinski definition) is 1. The van der Waals surface area contributed by atoms with Gasteiger partial charge in [0.1, 0.15) is 10.0 Å². The van der Waals surface area contributed by atoms with Crippen LogP contribution in [-0.2, 0) is 12.8 Å². The number of nitrogens with one attached hydrogen (secondary N) is 1. The predicted octanol–water partition coefficient (Wildman–Crippen LogP) is 6.77. The molecule has 5 heteroatoms. The molecule has 2 aromatic heterocycles. The van der Waals surface area contributed by atoms with Crippen LogP contribution in [0, 0.1) is 13.8 Å². The molecule has 0 bridgehead atoms. The molecule has 29 heavy (non-hydrogen) atoms. The first kappa shape index (κ1) is 18.5. The molecule has 1 N–H and O–H groups in total. The third-order valence-corrected chi connectivity index (χ3v) is 7.91. The topological polar surface area (TPSA) is 42.0 Å². The Morgan fingerprint density at radius 3 is 2.62 bits per heavy atom. The number of rotatable bonds is 3. The molecule has 5 rings (SSSR count). The smallest absolute Gasteiger partial charge is 0.256 e. The van der Waals surface area contributed by atoms with E-state index in [0.29, 0.717) is 0 Å². The number of hydrogen-bond acceptors (Lipinski definition) is 4. The molecule has 0 spiro atoms. The number of thiazole rings is 1. The van der Waals surface area contributed by atoms with Crippen LogP contribution in [0.15, 0.2) is 42.5 Å². The van der Waals surface area contributed by atoms with Crippen LogP contribution >= 0.6 is 22.7 Å². The fourth-order valence-electron chi connectivity index (χ4n) is 4.00. The van der Waals surface area contributed by atoms with Crippen molar-refractivity contribution in [3.63, 3.8) is 0 Å². The van der Waals surface area contributed by atoms with E-state index in [0.717, 1.165) is 44.2 Å². The van der Waals surface area contributed by atoms with Gasteiger partial charge in [-0.3, -0.25) is 4.79 Å². The number of fused-ring (bicyclic) bond motifs is 2. The fraction of sp³-hybridized carbons (Fsp3) is 0.250. The molecule has 2 heterocycles. The number of thiophene rings is 1. The van der Waals surface area contributed by atoms with Crippen molar-refractivity contribution in [2.75, 3.05) is 5.32 Å². The number of carbonyl (C=O) groups is 1. The summed E-state index contributed by atoms with van der Waals surface area (Å²) in [6, 6.07) is 14.3. The van der Waals surface area contributed by atoms with Crippen molar-refractivity contribution >= 4 is 43.8 Å². The quantitative estimate of drug-likeness (QED) is 0.399. The Hall–Kier alpha value is -2.50. The Bertz CT molecular complexity index is 1200. The van der Waals surface area contributed by atoms with Gasteiger partial charge in [-0.2, -0.15) is 0 Å². The molecule has 146 valence electrons. The number of nitrogens with zero attached hydrogens (tertiary/aromatic N) is 1. The van der Waals surface area contributed by atoms with E-state index in [4.69, 9.17) is 4.98 Å². The van der Waals surface area contributed by atoms with Gasteiger partial charge in [-0.1, -0.05) is 18.2 Å². The average molecular weight is 419 g/mol. The van der Waals surface area contributed by atoms with E-state index < -0.39 is 0 Å². The van der Waals surface area contributed by atoms with Gasteiger partial charge in [0.2, 0.25) is 0 Å². The largest absolute Gasteiger partial charge is 0.313 e. The summed E-state index contributed by atoms with van der Waals surface area (Å²) in [7, 11) is 0. The fourth-order valence-corrected chi connectivity index (χ4v) is 6.20. The summed E-state index contributed by atoms with van der Waals surface area (Å²) in [4.78, 5) is 19.1. The van der Waals surface area contributed by atoms with Gasteiger partial charge in [0.15, 0.2) is 0 Å². The Labute approximate surface area is 178 Å². The van der Waals surface area contributed by atoms with E-state index in [1.165, 1.54) is 34.4 Å². The number of benzene rings is 2. The predicted molar refractivity (Wildman–Crippen MR) is 123 cm³/mol. The van der Waals surface area contributed by atoms with Gasteiger partial charge >= 0.3 is 0 Å². The second-order valence-electron chi connectivity index (χ2n) is 7.62. The van der Waals surface area contributed by atoms with Crippen molar-refractivity contribution in [1.29, 1.82) is 0 Å². The third-order valence-electron chi connectivity index (χ3n) is 5.73. The summed E-state index contributed by atoms with van der Waals surface area (Å²) < 4.78 is 1.16. The van der Waals surface area contributed by atoms with Gasteiger partial charge in [0.05, 0.1) is 10.2 Å². The lowest BCUT2D eigenvalue weighted by Gasteiger charge is -2.16. The van der Waals surface area contributed by atoms with Gasteiger partial charge in [0, 0.05) is 16.0 Å². The monoisotopic (exact) mass is 418 g/mol. The summed E-state index contributed by atoms with van der Waals surface area (Å²) in [6.45, 7) is 4.22. The molecule has 4 aromatic rings. The third kappa shape index (κ3) is 3.38. The lowest BCUT2D eigenvalue weighted by atomic mass is 9.90. The standard InChI is InChI=1S/C24H22N2OS2/c1-14-15(2)28-24(21(14)23-25-19-9-5-6-10-20(19)29-23)26-22(27)18-12-11-16-7-3-4-8-17(16)13-18/h5-6,9-13H,3-4,7-8H2,1-2H3,(H,26,27). The highest BCUT2D eigenvalue weighted by Crippen LogP contribution is 2.43. The average Bonchev–Trinajstić information content (AvgIpc) is 3.28. The summed E-state index contributed by atoms with van der Waals surface area (Å²) in [6.07, 6.45) is 4.66. The van der Waals surface area contributed by atoms with E-state index in [1.54, 1.807) is 22.7 Å². The molecule has 3 nitrogen and oxygen atoms in total. The molecule has 1 aliphatic carbocycles. The molecule has 0 unspecified atom stereocenters. The molecule has 0 aliphatic heterocycles. The van der Waals surface area contributed by atoms with E-state index in [-0.39, 0.29) is 5.91 Å². The molecule has 0 saturated carbocycles. The lowest BCUT2D eigenvalue weighted by molar-refractivity contribution is 0.102. The van der Waals surface area contributed by atoms with Crippen molar-refractivity contribution in [3.8, 4) is 10.6 Å². The van der Waals surface area contributed by atoms with Crippen molar-refractivity contribution in [2.45, 2.75) is 39.5 Å². The van der Waals surface area contributed by atoms with Gasteiger partial charge < -0.3 is 5.32 Å². The second kappa shape index (κ2) is 7.39. The van der Waals surface area contributed by atoms with E-state index >= 15 is 0 Å². The first-order valence-corrected chi connectivity index (χ1v) is 11.6. The Morgan fingerprint density at radius 1 is 1.00 bits per heavy atom. The molecule has 1 aliphatic rings. The van der Waals surface area contributed by atoms with Crippen LogP contribution < -0.4 is 5.32 Å². The highest BCUT2D eigenvalue weighted by molar-refractivity contribution is 7.22. The zero-order chi connectivity index (χ0) is 20.0. The van der Waals surface area contributed by atoms with Gasteiger partial charge in [-0.05, 0) is 80.5 Å². The van der Waals surface area contributed by atoms with E-state index in [2.05, 4.69) is 37.4 Å². The summed E-state index contributed by atoms with van der Waals surface area (Å²) in [5, 5.41) is 5.04.